The van der Waals surface area contributed by atoms with Crippen molar-refractivity contribution in [2.24, 2.45) is 0 Å². The summed E-state index contributed by atoms with van der Waals surface area (Å²) in [5.41, 5.74) is 2.15. The second kappa shape index (κ2) is 7.19. The Morgan fingerprint density at radius 3 is 3.04 bits per heavy atom. The minimum absolute atomic E-state index is 0.127. The van der Waals surface area contributed by atoms with Crippen molar-refractivity contribution >= 4 is 16.9 Å². The first kappa shape index (κ1) is 15.4. The van der Waals surface area contributed by atoms with E-state index in [1.807, 2.05) is 18.2 Å². The molecule has 0 radical (unpaired) electrons. The van der Waals surface area contributed by atoms with Gasteiger partial charge in [0.25, 0.3) is 0 Å². The first-order valence-corrected chi connectivity index (χ1v) is 7.97. The third-order valence-electron chi connectivity index (χ3n) is 3.98. The highest BCUT2D eigenvalue weighted by Crippen LogP contribution is 2.33. The summed E-state index contributed by atoms with van der Waals surface area (Å²) < 4.78 is 16.4. The minimum Gasteiger partial charge on any atom is -0.482 e. The number of rotatable bonds is 6. The normalized spacial score (nSPS) is 13.3. The van der Waals surface area contributed by atoms with E-state index in [1.54, 1.807) is 6.07 Å². The van der Waals surface area contributed by atoms with Gasteiger partial charge in [-0.2, -0.15) is 5.26 Å². The van der Waals surface area contributed by atoms with Crippen molar-refractivity contribution in [3.05, 3.63) is 29.5 Å². The zero-order valence-corrected chi connectivity index (χ0v) is 13.0. The van der Waals surface area contributed by atoms with E-state index in [4.69, 9.17) is 19.2 Å². The lowest BCUT2D eigenvalue weighted by molar-refractivity contribution is -0.146. The molecule has 1 aromatic carbocycles. The van der Waals surface area contributed by atoms with Crippen LogP contribution in [0.4, 0.5) is 0 Å². The number of carbonyl (C=O) groups excluding carboxylic acids is 1. The topological polar surface area (TPSA) is 72.5 Å². The van der Waals surface area contributed by atoms with Crippen LogP contribution in [0.15, 0.2) is 22.6 Å². The third-order valence-corrected chi connectivity index (χ3v) is 3.98. The molecular weight excluding hydrogens is 294 g/mol. The molecule has 0 bridgehead atoms. The van der Waals surface area contributed by atoms with E-state index in [2.05, 4.69) is 0 Å². The number of fused-ring (bicyclic) bond motifs is 3. The fraction of sp³-hybridized carbons (Fsp3) is 0.444. The van der Waals surface area contributed by atoms with Crippen molar-refractivity contribution in [3.63, 3.8) is 0 Å². The molecule has 2 aromatic rings. The largest absolute Gasteiger partial charge is 0.482 e. The maximum Gasteiger partial charge on any atom is 0.344 e. The van der Waals surface area contributed by atoms with Crippen molar-refractivity contribution in [3.8, 4) is 11.8 Å². The average Bonchev–Trinajstić information content (AvgIpc) is 2.95. The number of benzene rings is 1. The van der Waals surface area contributed by atoms with E-state index in [1.165, 1.54) is 18.4 Å². The Hall–Kier alpha value is -2.48. The molecule has 1 aliphatic carbocycles. The van der Waals surface area contributed by atoms with Crippen LogP contribution < -0.4 is 4.74 Å². The van der Waals surface area contributed by atoms with Crippen LogP contribution >= 0.6 is 0 Å². The number of carbonyl (C=O) groups is 1. The van der Waals surface area contributed by atoms with Gasteiger partial charge in [-0.1, -0.05) is 0 Å². The first-order chi connectivity index (χ1) is 11.3. The smallest absolute Gasteiger partial charge is 0.344 e. The molecule has 3 rings (SSSR count). The van der Waals surface area contributed by atoms with Gasteiger partial charge in [0.2, 0.25) is 0 Å². The number of esters is 1. The van der Waals surface area contributed by atoms with E-state index < -0.39 is 5.97 Å². The SMILES string of the molecule is N#CCCCOC(=O)COc1ccc2oc3c(c2c1)CCCC3. The first-order valence-electron chi connectivity index (χ1n) is 7.97. The van der Waals surface area contributed by atoms with E-state index in [-0.39, 0.29) is 13.2 Å². The zero-order chi connectivity index (χ0) is 16.1. The molecule has 0 spiro atoms. The number of unbranched alkanes of at least 4 members (excludes halogenated alkanes) is 1. The van der Waals surface area contributed by atoms with Crippen LogP contribution in [0, 0.1) is 11.3 Å². The Kier molecular flexibility index (Phi) is 4.82. The summed E-state index contributed by atoms with van der Waals surface area (Å²) in [7, 11) is 0. The van der Waals surface area contributed by atoms with Gasteiger partial charge >= 0.3 is 5.97 Å². The highest BCUT2D eigenvalue weighted by Gasteiger charge is 2.18. The van der Waals surface area contributed by atoms with Crippen LogP contribution in [0.25, 0.3) is 11.0 Å². The van der Waals surface area contributed by atoms with Crippen molar-refractivity contribution in [2.75, 3.05) is 13.2 Å². The van der Waals surface area contributed by atoms with Crippen LogP contribution in [0.3, 0.4) is 0 Å². The monoisotopic (exact) mass is 313 g/mol. The highest BCUT2D eigenvalue weighted by atomic mass is 16.6. The van der Waals surface area contributed by atoms with E-state index in [0.717, 1.165) is 29.6 Å². The average molecular weight is 313 g/mol. The Morgan fingerprint density at radius 2 is 2.17 bits per heavy atom. The molecule has 5 heteroatoms. The lowest BCUT2D eigenvalue weighted by Crippen LogP contribution is -2.15. The molecule has 5 nitrogen and oxygen atoms in total. The van der Waals surface area contributed by atoms with E-state index in [9.17, 15) is 4.79 Å². The quantitative estimate of drug-likeness (QED) is 0.602. The van der Waals surface area contributed by atoms with Crippen molar-refractivity contribution in [1.29, 1.82) is 5.26 Å². The maximum absolute atomic E-state index is 11.6. The molecule has 1 heterocycles. The summed E-state index contributed by atoms with van der Waals surface area (Å²) in [5, 5.41) is 9.50. The minimum atomic E-state index is -0.419. The number of ether oxygens (including phenoxy) is 2. The summed E-state index contributed by atoms with van der Waals surface area (Å²) in [6, 6.07) is 7.64. The Bertz CT molecular complexity index is 741. The highest BCUT2D eigenvalue weighted by molar-refractivity contribution is 5.84. The summed E-state index contributed by atoms with van der Waals surface area (Å²) in [5.74, 6) is 1.30. The van der Waals surface area contributed by atoms with Gasteiger partial charge in [0, 0.05) is 23.8 Å². The molecule has 0 N–H and O–H groups in total. The number of aryl methyl sites for hydroxylation is 2. The van der Waals surface area contributed by atoms with Gasteiger partial charge in [0.15, 0.2) is 6.61 Å². The Labute approximate surface area is 134 Å². The Balaban J connectivity index is 1.60. The van der Waals surface area contributed by atoms with Crippen LogP contribution in [-0.4, -0.2) is 19.2 Å². The number of nitriles is 1. The molecule has 0 saturated carbocycles. The van der Waals surface area contributed by atoms with Gasteiger partial charge < -0.3 is 13.9 Å². The fourth-order valence-corrected chi connectivity index (χ4v) is 2.85. The fourth-order valence-electron chi connectivity index (χ4n) is 2.85. The van der Waals surface area contributed by atoms with Gasteiger partial charge in [-0.05, 0) is 43.9 Å². The van der Waals surface area contributed by atoms with E-state index >= 15 is 0 Å². The second-order valence-corrected chi connectivity index (χ2v) is 5.64. The van der Waals surface area contributed by atoms with E-state index in [0.29, 0.717) is 18.6 Å². The molecule has 120 valence electrons. The lowest BCUT2D eigenvalue weighted by atomic mass is 9.96. The zero-order valence-electron chi connectivity index (χ0n) is 13.0. The summed E-state index contributed by atoms with van der Waals surface area (Å²) >= 11 is 0. The molecule has 0 saturated heterocycles. The molecule has 0 atom stereocenters. The van der Waals surface area contributed by atoms with Crippen molar-refractivity contribution < 1.29 is 18.7 Å². The second-order valence-electron chi connectivity index (χ2n) is 5.64. The number of hydrogen-bond acceptors (Lipinski definition) is 5. The van der Waals surface area contributed by atoms with Gasteiger partial charge in [-0.25, -0.2) is 4.79 Å². The predicted octanol–water partition coefficient (Wildman–Crippen LogP) is 3.54. The van der Waals surface area contributed by atoms with Crippen molar-refractivity contribution in [1.82, 2.24) is 0 Å². The Morgan fingerprint density at radius 1 is 1.30 bits per heavy atom. The van der Waals surface area contributed by atoms with Crippen LogP contribution in [0.1, 0.15) is 37.0 Å². The van der Waals surface area contributed by atoms with Crippen LogP contribution in [0.5, 0.6) is 5.75 Å². The molecule has 0 fully saturated rings. The molecule has 1 aliphatic rings. The van der Waals surface area contributed by atoms with Gasteiger partial charge in [0.1, 0.15) is 17.1 Å². The molecule has 1 aromatic heterocycles. The molecule has 0 unspecified atom stereocenters. The maximum atomic E-state index is 11.6. The number of nitrogens with zero attached hydrogens (tertiary/aromatic N) is 1. The number of furan rings is 1. The lowest BCUT2D eigenvalue weighted by Gasteiger charge is -2.09. The van der Waals surface area contributed by atoms with Gasteiger partial charge in [-0.3, -0.25) is 0 Å². The summed E-state index contributed by atoms with van der Waals surface area (Å²) in [6.07, 6.45) is 5.32. The standard InChI is InChI=1S/C18H19NO4/c19-9-3-4-10-21-18(20)12-22-13-7-8-17-15(11-13)14-5-1-2-6-16(14)23-17/h7-8,11H,1-6,10,12H2. The van der Waals surface area contributed by atoms with Crippen LogP contribution in [0.2, 0.25) is 0 Å². The summed E-state index contributed by atoms with van der Waals surface area (Å²) in [6.45, 7) is 0.127. The van der Waals surface area contributed by atoms with Crippen molar-refractivity contribution in [2.45, 2.75) is 38.5 Å². The summed E-state index contributed by atoms with van der Waals surface area (Å²) in [4.78, 5) is 11.6. The molecule has 0 amide bonds. The van der Waals surface area contributed by atoms with Crippen LogP contribution in [-0.2, 0) is 22.4 Å². The van der Waals surface area contributed by atoms with Gasteiger partial charge in [0.05, 0.1) is 12.7 Å². The number of hydrogen-bond donors (Lipinski definition) is 0. The third kappa shape index (κ3) is 3.65. The molecule has 23 heavy (non-hydrogen) atoms. The molecule has 0 aliphatic heterocycles. The predicted molar refractivity (Wildman–Crippen MR) is 84.2 cm³/mol. The molecular formula is C18H19NO4. The van der Waals surface area contributed by atoms with Gasteiger partial charge in [-0.15, -0.1) is 0 Å².